The van der Waals surface area contributed by atoms with Crippen LogP contribution >= 0.6 is 0 Å². The minimum absolute atomic E-state index is 0.00856. The van der Waals surface area contributed by atoms with Crippen molar-refractivity contribution in [3.8, 4) is 0 Å². The highest BCUT2D eigenvalue weighted by molar-refractivity contribution is 5.78. The van der Waals surface area contributed by atoms with E-state index in [2.05, 4.69) is 6.92 Å². The van der Waals surface area contributed by atoms with E-state index in [-0.39, 0.29) is 18.8 Å². The zero-order valence-corrected chi connectivity index (χ0v) is 7.73. The second-order valence-corrected chi connectivity index (χ2v) is 3.45. The van der Waals surface area contributed by atoms with Crippen molar-refractivity contribution in [3.05, 3.63) is 0 Å². The van der Waals surface area contributed by atoms with Crippen LogP contribution in [0.3, 0.4) is 0 Å². The third-order valence-corrected chi connectivity index (χ3v) is 2.32. The molecule has 0 atom stereocenters. The van der Waals surface area contributed by atoms with Gasteiger partial charge in [-0.15, -0.1) is 0 Å². The van der Waals surface area contributed by atoms with Crippen molar-refractivity contribution in [1.29, 1.82) is 0 Å². The second kappa shape index (κ2) is 5.34. The number of Topliss-reactive ketones (excluding diaryl/α,β-unsaturated/α-hetero) is 1. The normalized spacial score (nSPS) is 33.2. The van der Waals surface area contributed by atoms with Crippen LogP contribution in [0.2, 0.25) is 0 Å². The van der Waals surface area contributed by atoms with Crippen LogP contribution in [0.15, 0.2) is 0 Å². The summed E-state index contributed by atoms with van der Waals surface area (Å²) in [4.78, 5) is 11.5. The van der Waals surface area contributed by atoms with Gasteiger partial charge in [0.2, 0.25) is 0 Å². The van der Waals surface area contributed by atoms with Crippen LogP contribution in [0, 0.1) is 5.92 Å². The number of ketones is 1. The van der Waals surface area contributed by atoms with Gasteiger partial charge >= 0.3 is 0 Å². The molecule has 0 aliphatic heterocycles. The van der Waals surface area contributed by atoms with Gasteiger partial charge in [-0.1, -0.05) is 32.6 Å². The van der Waals surface area contributed by atoms with Gasteiger partial charge < -0.3 is 0 Å². The highest BCUT2D eigenvalue weighted by atomic mass is 16.1. The molecule has 1 saturated carbocycles. The summed E-state index contributed by atoms with van der Waals surface area (Å²) < 4.78 is 30.3. The van der Waals surface area contributed by atoms with Gasteiger partial charge in [-0.2, -0.15) is 0 Å². The van der Waals surface area contributed by atoms with Crippen LogP contribution in [0.4, 0.5) is 0 Å². The number of carbonyl (C=O) groups is 1. The molecule has 1 heteroatoms. The molecule has 1 aliphatic carbocycles. The Bertz CT molecular complexity index is 243. The number of hydrogen-bond donors (Lipinski definition) is 0. The summed E-state index contributed by atoms with van der Waals surface area (Å²) in [6, 6.07) is 0. The lowest BCUT2D eigenvalue weighted by molar-refractivity contribution is -0.121. The monoisotopic (exact) mass is 172 g/mol. The average molecular weight is 172 g/mol. The van der Waals surface area contributed by atoms with E-state index in [1.165, 1.54) is 0 Å². The Morgan fingerprint density at radius 3 is 2.67 bits per heavy atom. The molecular weight excluding hydrogens is 148 g/mol. The molecule has 0 heterocycles. The fourth-order valence-corrected chi connectivity index (χ4v) is 1.50. The maximum Gasteiger partial charge on any atom is 0.132 e. The highest BCUT2D eigenvalue weighted by Crippen LogP contribution is 2.26. The summed E-state index contributed by atoms with van der Waals surface area (Å²) in [5.41, 5.74) is 0. The molecule has 0 aromatic carbocycles. The molecule has 70 valence electrons. The average Bonchev–Trinajstić information content (AvgIpc) is 2.14. The zero-order chi connectivity index (χ0) is 12.4. The van der Waals surface area contributed by atoms with Crippen LogP contribution in [0.5, 0.6) is 0 Å². The predicted octanol–water partition coefficient (Wildman–Crippen LogP) is 3.33. The van der Waals surface area contributed by atoms with Crippen molar-refractivity contribution >= 4 is 5.78 Å². The molecule has 0 aromatic rings. The zero-order valence-electron chi connectivity index (χ0n) is 11.7. The molecule has 1 fully saturated rings. The van der Waals surface area contributed by atoms with Gasteiger partial charge in [0.05, 0.1) is 0 Å². The Kier molecular flexibility index (Phi) is 2.41. The van der Waals surface area contributed by atoms with E-state index in [1.54, 1.807) is 0 Å². The molecule has 1 nitrogen and oxygen atoms in total. The maximum atomic E-state index is 11.5. The molecule has 0 saturated heterocycles. The first-order valence-electron chi connectivity index (χ1n) is 6.84. The first kappa shape index (κ1) is 5.41. The van der Waals surface area contributed by atoms with Crippen LogP contribution in [-0.2, 0) is 4.79 Å². The number of carbonyl (C=O) groups excluding carboxylic acids is 1. The van der Waals surface area contributed by atoms with Gasteiger partial charge in [-0.25, -0.2) is 0 Å². The fraction of sp³-hybridized carbons (Fsp3) is 0.909. The van der Waals surface area contributed by atoms with Gasteiger partial charge in [-0.05, 0) is 18.8 Å². The van der Waals surface area contributed by atoms with E-state index in [4.69, 9.17) is 5.48 Å². The van der Waals surface area contributed by atoms with Crippen molar-refractivity contribution in [2.24, 2.45) is 5.92 Å². The van der Waals surface area contributed by atoms with Crippen molar-refractivity contribution in [2.45, 2.75) is 58.2 Å². The lowest BCUT2D eigenvalue weighted by atomic mass is 9.85. The van der Waals surface area contributed by atoms with E-state index in [1.807, 2.05) is 0 Å². The second-order valence-electron chi connectivity index (χ2n) is 3.45. The molecule has 0 radical (unpaired) electrons. The first-order valence-corrected chi connectivity index (χ1v) is 4.84. The van der Waals surface area contributed by atoms with Crippen LogP contribution in [0.1, 0.15) is 63.7 Å². The van der Waals surface area contributed by atoms with Crippen LogP contribution in [-0.4, -0.2) is 5.78 Å². The number of hydrogen-bond acceptors (Lipinski definition) is 1. The molecule has 0 spiro atoms. The van der Waals surface area contributed by atoms with Gasteiger partial charge in [0.1, 0.15) is 5.78 Å². The minimum Gasteiger partial charge on any atom is -0.300 e. The van der Waals surface area contributed by atoms with E-state index < -0.39 is 18.5 Å². The maximum absolute atomic E-state index is 11.5. The SMILES string of the molecule is [2H]C1([2H])CC(CCCCC)CC([2H])([2H])C1=O. The molecule has 1 aliphatic rings. The molecule has 0 bridgehead atoms. The Morgan fingerprint density at radius 1 is 1.42 bits per heavy atom. The fourth-order valence-electron chi connectivity index (χ4n) is 1.50. The summed E-state index contributed by atoms with van der Waals surface area (Å²) in [6.45, 7) is 2.10. The van der Waals surface area contributed by atoms with Gasteiger partial charge in [0.25, 0.3) is 0 Å². The highest BCUT2D eigenvalue weighted by Gasteiger charge is 2.17. The van der Waals surface area contributed by atoms with Crippen molar-refractivity contribution in [1.82, 2.24) is 0 Å². The summed E-state index contributed by atoms with van der Waals surface area (Å²) in [5.74, 6) is -0.860. The van der Waals surface area contributed by atoms with E-state index in [0.717, 1.165) is 25.7 Å². The number of rotatable bonds is 4. The van der Waals surface area contributed by atoms with Crippen LogP contribution < -0.4 is 0 Å². The molecule has 0 amide bonds. The van der Waals surface area contributed by atoms with Crippen molar-refractivity contribution in [2.75, 3.05) is 0 Å². The molecule has 1 rings (SSSR count). The summed E-state index contributed by atoms with van der Waals surface area (Å²) in [5, 5.41) is 0. The molecule has 0 aromatic heterocycles. The first-order chi connectivity index (χ1) is 7.29. The summed E-state index contributed by atoms with van der Waals surface area (Å²) >= 11 is 0. The minimum atomic E-state index is -1.97. The van der Waals surface area contributed by atoms with Crippen molar-refractivity contribution in [3.63, 3.8) is 0 Å². The summed E-state index contributed by atoms with van der Waals surface area (Å²) in [7, 11) is 0. The third kappa shape index (κ3) is 3.38. The largest absolute Gasteiger partial charge is 0.300 e. The standard InChI is InChI=1S/C11H20O/c1-2-3-4-5-10-6-8-11(12)9-7-10/h10H,2-9H2,1H3/i8D2,9D2. The topological polar surface area (TPSA) is 17.1 Å². The molecule has 12 heavy (non-hydrogen) atoms. The third-order valence-electron chi connectivity index (χ3n) is 2.32. The Balaban J connectivity index is 2.60. The quantitative estimate of drug-likeness (QED) is 0.594. The Labute approximate surface area is 81.2 Å². The van der Waals surface area contributed by atoms with E-state index in [0.29, 0.717) is 0 Å². The van der Waals surface area contributed by atoms with Gasteiger partial charge in [0.15, 0.2) is 0 Å². The van der Waals surface area contributed by atoms with Crippen molar-refractivity contribution < 1.29 is 10.3 Å². The lowest BCUT2D eigenvalue weighted by Gasteiger charge is -2.20. The molecule has 0 N–H and O–H groups in total. The number of unbranched alkanes of at least 4 members (excludes halogenated alkanes) is 2. The summed E-state index contributed by atoms with van der Waals surface area (Å²) in [6.07, 6.45) is 0.463. The Hall–Kier alpha value is -0.330. The molecule has 0 unspecified atom stereocenters. The van der Waals surface area contributed by atoms with Gasteiger partial charge in [-0.3, -0.25) is 4.79 Å². The Morgan fingerprint density at radius 2 is 2.08 bits per heavy atom. The molecular formula is C11H20O. The lowest BCUT2D eigenvalue weighted by Crippen LogP contribution is -2.13. The van der Waals surface area contributed by atoms with E-state index in [9.17, 15) is 4.79 Å². The smallest absolute Gasteiger partial charge is 0.132 e. The van der Waals surface area contributed by atoms with Crippen LogP contribution in [0.25, 0.3) is 0 Å². The predicted molar refractivity (Wildman–Crippen MR) is 51.1 cm³/mol. The van der Waals surface area contributed by atoms with Gasteiger partial charge in [0, 0.05) is 18.2 Å². The van der Waals surface area contributed by atoms with E-state index >= 15 is 0 Å².